The highest BCUT2D eigenvalue weighted by molar-refractivity contribution is 8.00. The Bertz CT molecular complexity index is 679. The summed E-state index contributed by atoms with van der Waals surface area (Å²) in [4.78, 5) is 12.5. The van der Waals surface area contributed by atoms with Gasteiger partial charge in [-0.2, -0.15) is 0 Å². The maximum atomic E-state index is 13.3. The zero-order chi connectivity index (χ0) is 15.4. The quantitative estimate of drug-likeness (QED) is 0.657. The van der Waals surface area contributed by atoms with E-state index in [1.54, 1.807) is 24.3 Å². The van der Waals surface area contributed by atoms with Gasteiger partial charge in [0.1, 0.15) is 5.82 Å². The van der Waals surface area contributed by atoms with Gasteiger partial charge < -0.3 is 11.1 Å². The fraction of sp³-hybridized carbons (Fsp3) is 0.133. The number of nitrogens with one attached hydrogen (secondary N) is 1. The predicted octanol–water partition coefficient (Wildman–Crippen LogP) is 4.10. The second-order valence-corrected chi connectivity index (χ2v) is 5.96. The average molecular weight is 325 g/mol. The van der Waals surface area contributed by atoms with E-state index in [0.29, 0.717) is 15.6 Å². The fourth-order valence-corrected chi connectivity index (χ4v) is 2.65. The zero-order valence-corrected chi connectivity index (χ0v) is 12.9. The van der Waals surface area contributed by atoms with Crippen molar-refractivity contribution in [2.75, 3.05) is 16.8 Å². The number of benzene rings is 2. The minimum absolute atomic E-state index is 0.0978. The summed E-state index contributed by atoms with van der Waals surface area (Å²) in [6, 6.07) is 9.74. The van der Waals surface area contributed by atoms with Crippen molar-refractivity contribution in [3.05, 3.63) is 52.8 Å². The number of anilines is 2. The molecule has 0 unspecified atom stereocenters. The van der Waals surface area contributed by atoms with Gasteiger partial charge in [0.15, 0.2) is 0 Å². The highest BCUT2D eigenvalue weighted by Gasteiger charge is 2.07. The molecule has 110 valence electrons. The molecule has 2 rings (SSSR count). The lowest BCUT2D eigenvalue weighted by Crippen LogP contribution is -2.14. The minimum Gasteiger partial charge on any atom is -0.396 e. The molecule has 3 nitrogen and oxygen atoms in total. The summed E-state index contributed by atoms with van der Waals surface area (Å²) >= 11 is 7.11. The maximum Gasteiger partial charge on any atom is 0.234 e. The lowest BCUT2D eigenvalue weighted by Gasteiger charge is -2.08. The van der Waals surface area contributed by atoms with Crippen LogP contribution in [0, 0.1) is 12.7 Å². The Labute approximate surface area is 131 Å². The molecule has 0 spiro atoms. The summed E-state index contributed by atoms with van der Waals surface area (Å²) in [5.74, 6) is -0.456. The number of hydrogen-bond donors (Lipinski definition) is 2. The van der Waals surface area contributed by atoms with Crippen LogP contribution in [0.2, 0.25) is 5.02 Å². The number of aryl methyl sites for hydroxylation is 1. The van der Waals surface area contributed by atoms with Crippen LogP contribution in [0.5, 0.6) is 0 Å². The number of carbonyl (C=O) groups excluding carboxylic acids is 1. The monoisotopic (exact) mass is 324 g/mol. The standard InChI is InChI=1S/C15H14ClFN2OS/c1-9-6-10(16)2-5-14(9)19-15(20)8-21-11-3-4-13(18)12(17)7-11/h2-7H,8,18H2,1H3,(H,19,20). The van der Waals surface area contributed by atoms with Crippen molar-refractivity contribution in [2.45, 2.75) is 11.8 Å². The summed E-state index contributed by atoms with van der Waals surface area (Å²) in [5, 5.41) is 3.42. The van der Waals surface area contributed by atoms with Gasteiger partial charge in [-0.25, -0.2) is 4.39 Å². The number of nitrogens with two attached hydrogens (primary N) is 1. The SMILES string of the molecule is Cc1cc(Cl)ccc1NC(=O)CSc1ccc(N)c(F)c1. The first-order valence-corrected chi connectivity index (χ1v) is 7.56. The van der Waals surface area contributed by atoms with E-state index < -0.39 is 5.82 Å². The summed E-state index contributed by atoms with van der Waals surface area (Å²) in [6.45, 7) is 1.87. The Hall–Kier alpha value is -1.72. The summed E-state index contributed by atoms with van der Waals surface area (Å²) in [5.41, 5.74) is 7.10. The van der Waals surface area contributed by atoms with Crippen LogP contribution in [-0.2, 0) is 4.79 Å². The number of thioether (sulfide) groups is 1. The highest BCUT2D eigenvalue weighted by Crippen LogP contribution is 2.23. The Balaban J connectivity index is 1.94. The fourth-order valence-electron chi connectivity index (χ4n) is 1.70. The minimum atomic E-state index is -0.478. The number of rotatable bonds is 4. The molecule has 0 aliphatic carbocycles. The van der Waals surface area contributed by atoms with Gasteiger partial charge in [-0.1, -0.05) is 11.6 Å². The summed E-state index contributed by atoms with van der Waals surface area (Å²) in [6.07, 6.45) is 0. The zero-order valence-electron chi connectivity index (χ0n) is 11.3. The third-order valence-corrected chi connectivity index (χ3v) is 4.03. The summed E-state index contributed by atoms with van der Waals surface area (Å²) < 4.78 is 13.3. The van der Waals surface area contributed by atoms with E-state index >= 15 is 0 Å². The van der Waals surface area contributed by atoms with E-state index in [1.165, 1.54) is 23.9 Å². The van der Waals surface area contributed by atoms with Crippen molar-refractivity contribution in [3.8, 4) is 0 Å². The van der Waals surface area contributed by atoms with Gasteiger partial charge in [0.05, 0.1) is 11.4 Å². The van der Waals surface area contributed by atoms with Crippen LogP contribution in [0.25, 0.3) is 0 Å². The molecule has 0 aliphatic heterocycles. The van der Waals surface area contributed by atoms with E-state index in [9.17, 15) is 9.18 Å². The van der Waals surface area contributed by atoms with Gasteiger partial charge in [-0.3, -0.25) is 4.79 Å². The van der Waals surface area contributed by atoms with Gasteiger partial charge in [0.25, 0.3) is 0 Å². The van der Waals surface area contributed by atoms with Crippen molar-refractivity contribution in [3.63, 3.8) is 0 Å². The Kier molecular flexibility index (Phi) is 5.09. The van der Waals surface area contributed by atoms with Crippen LogP contribution < -0.4 is 11.1 Å². The average Bonchev–Trinajstić information content (AvgIpc) is 2.43. The molecule has 0 saturated carbocycles. The molecule has 0 aromatic heterocycles. The van der Waals surface area contributed by atoms with E-state index in [-0.39, 0.29) is 17.3 Å². The number of amides is 1. The Morgan fingerprint density at radius 2 is 2.10 bits per heavy atom. The van der Waals surface area contributed by atoms with Gasteiger partial charge in [-0.05, 0) is 48.9 Å². The molecule has 0 radical (unpaired) electrons. The Morgan fingerprint density at radius 1 is 1.33 bits per heavy atom. The van der Waals surface area contributed by atoms with E-state index in [2.05, 4.69) is 5.32 Å². The normalized spacial score (nSPS) is 10.4. The van der Waals surface area contributed by atoms with Crippen molar-refractivity contribution < 1.29 is 9.18 Å². The smallest absolute Gasteiger partial charge is 0.234 e. The number of halogens is 2. The maximum absolute atomic E-state index is 13.3. The van der Waals surface area contributed by atoms with E-state index in [4.69, 9.17) is 17.3 Å². The molecule has 6 heteroatoms. The lowest BCUT2D eigenvalue weighted by atomic mass is 10.2. The van der Waals surface area contributed by atoms with Crippen molar-refractivity contribution in [1.29, 1.82) is 0 Å². The van der Waals surface area contributed by atoms with E-state index in [1.807, 2.05) is 6.92 Å². The van der Waals surface area contributed by atoms with Gasteiger partial charge in [-0.15, -0.1) is 11.8 Å². The first kappa shape index (κ1) is 15.7. The molecule has 0 heterocycles. The molecule has 0 saturated heterocycles. The molecule has 3 N–H and O–H groups in total. The topological polar surface area (TPSA) is 55.1 Å². The van der Waals surface area contributed by atoms with Crippen LogP contribution in [0.15, 0.2) is 41.3 Å². The molecule has 0 bridgehead atoms. The van der Waals surface area contributed by atoms with Crippen LogP contribution in [-0.4, -0.2) is 11.7 Å². The van der Waals surface area contributed by atoms with Crippen LogP contribution in [0.4, 0.5) is 15.8 Å². The first-order chi connectivity index (χ1) is 9.95. The second kappa shape index (κ2) is 6.83. The van der Waals surface area contributed by atoms with Gasteiger partial charge >= 0.3 is 0 Å². The predicted molar refractivity (Wildman–Crippen MR) is 86.4 cm³/mol. The molecular weight excluding hydrogens is 311 g/mol. The van der Waals surface area contributed by atoms with Crippen LogP contribution >= 0.6 is 23.4 Å². The van der Waals surface area contributed by atoms with Crippen molar-refractivity contribution >= 4 is 40.6 Å². The third kappa shape index (κ3) is 4.37. The van der Waals surface area contributed by atoms with Crippen LogP contribution in [0.1, 0.15) is 5.56 Å². The summed E-state index contributed by atoms with van der Waals surface area (Å²) in [7, 11) is 0. The number of carbonyl (C=O) groups is 1. The van der Waals surface area contributed by atoms with Gasteiger partial charge in [0.2, 0.25) is 5.91 Å². The molecule has 0 atom stereocenters. The van der Waals surface area contributed by atoms with E-state index in [0.717, 1.165) is 5.56 Å². The molecule has 21 heavy (non-hydrogen) atoms. The molecule has 0 aliphatic rings. The molecular formula is C15H14ClFN2OS. The molecule has 2 aromatic carbocycles. The Morgan fingerprint density at radius 3 is 2.76 bits per heavy atom. The molecule has 1 amide bonds. The van der Waals surface area contributed by atoms with Crippen molar-refractivity contribution in [1.82, 2.24) is 0 Å². The van der Waals surface area contributed by atoms with Crippen molar-refractivity contribution in [2.24, 2.45) is 0 Å². The highest BCUT2D eigenvalue weighted by atomic mass is 35.5. The first-order valence-electron chi connectivity index (χ1n) is 6.19. The number of hydrogen-bond acceptors (Lipinski definition) is 3. The molecule has 2 aromatic rings. The third-order valence-electron chi connectivity index (χ3n) is 2.80. The molecule has 0 fully saturated rings. The lowest BCUT2D eigenvalue weighted by molar-refractivity contribution is -0.113. The second-order valence-electron chi connectivity index (χ2n) is 4.48. The van der Waals surface area contributed by atoms with Crippen LogP contribution in [0.3, 0.4) is 0 Å². The largest absolute Gasteiger partial charge is 0.396 e. The number of nitrogen functional groups attached to an aromatic ring is 1. The van der Waals surface area contributed by atoms with Gasteiger partial charge in [0, 0.05) is 15.6 Å².